The van der Waals surface area contributed by atoms with Crippen LogP contribution in [0, 0.1) is 11.6 Å². The molecule has 182 valence electrons. The molecule has 2 aliphatic heterocycles. The SMILES string of the molecule is COCCN1n2cc(C(=O)NCc3ccc(F)cc3F)c(=O)c(O)c2C(=O)N(C)C12CCOC2. The second-order valence-electron chi connectivity index (χ2n) is 8.10. The topological polar surface area (TPSA) is 113 Å². The Morgan fingerprint density at radius 1 is 1.32 bits per heavy atom. The highest BCUT2D eigenvalue weighted by Crippen LogP contribution is 2.35. The molecule has 0 bridgehead atoms. The van der Waals surface area contributed by atoms with E-state index in [4.69, 9.17) is 9.47 Å². The minimum atomic E-state index is -1.05. The largest absolute Gasteiger partial charge is 0.502 e. The fourth-order valence-corrected chi connectivity index (χ4v) is 4.30. The van der Waals surface area contributed by atoms with Gasteiger partial charge in [-0.15, -0.1) is 0 Å². The summed E-state index contributed by atoms with van der Waals surface area (Å²) >= 11 is 0. The third kappa shape index (κ3) is 3.78. The van der Waals surface area contributed by atoms with Crippen LogP contribution in [0.4, 0.5) is 8.78 Å². The molecule has 1 aromatic heterocycles. The van der Waals surface area contributed by atoms with Crippen molar-refractivity contribution in [1.82, 2.24) is 14.9 Å². The zero-order chi connectivity index (χ0) is 24.6. The van der Waals surface area contributed by atoms with Crippen molar-refractivity contribution in [2.24, 2.45) is 0 Å². The fraction of sp³-hybridized carbons (Fsp3) is 0.409. The molecule has 1 fully saturated rings. The zero-order valence-corrected chi connectivity index (χ0v) is 18.6. The van der Waals surface area contributed by atoms with Gasteiger partial charge in [0.05, 0.1) is 26.4 Å². The Bertz CT molecular complexity index is 1190. The van der Waals surface area contributed by atoms with E-state index in [1.807, 2.05) is 0 Å². The van der Waals surface area contributed by atoms with Crippen molar-refractivity contribution in [3.63, 3.8) is 0 Å². The van der Waals surface area contributed by atoms with E-state index in [2.05, 4.69) is 5.32 Å². The summed E-state index contributed by atoms with van der Waals surface area (Å²) in [7, 11) is 3.07. The summed E-state index contributed by atoms with van der Waals surface area (Å²) in [6.07, 6.45) is 1.63. The molecule has 0 aliphatic carbocycles. The van der Waals surface area contributed by atoms with Crippen molar-refractivity contribution in [2.75, 3.05) is 45.5 Å². The minimum Gasteiger partial charge on any atom is -0.502 e. The number of nitrogens with one attached hydrogen (secondary N) is 1. The van der Waals surface area contributed by atoms with Crippen LogP contribution < -0.4 is 15.8 Å². The van der Waals surface area contributed by atoms with E-state index in [0.717, 1.165) is 6.07 Å². The molecule has 12 heteroatoms. The van der Waals surface area contributed by atoms with E-state index < -0.39 is 45.9 Å². The van der Waals surface area contributed by atoms with Crippen LogP contribution in [0.15, 0.2) is 29.2 Å². The van der Waals surface area contributed by atoms with Crippen LogP contribution in [0.2, 0.25) is 0 Å². The van der Waals surface area contributed by atoms with Gasteiger partial charge in [0, 0.05) is 44.9 Å². The maximum Gasteiger partial charge on any atom is 0.278 e. The Kier molecular flexibility index (Phi) is 6.28. The summed E-state index contributed by atoms with van der Waals surface area (Å²) in [5.41, 5.74) is -2.68. The van der Waals surface area contributed by atoms with Crippen LogP contribution in [0.3, 0.4) is 0 Å². The average molecular weight is 478 g/mol. The number of amides is 2. The molecule has 1 unspecified atom stereocenters. The number of aromatic nitrogens is 1. The van der Waals surface area contributed by atoms with Gasteiger partial charge in [0.25, 0.3) is 11.8 Å². The van der Waals surface area contributed by atoms with Crippen molar-refractivity contribution < 1.29 is 33.0 Å². The lowest BCUT2D eigenvalue weighted by atomic mass is 10.0. The lowest BCUT2D eigenvalue weighted by molar-refractivity contribution is 0.0271. The summed E-state index contributed by atoms with van der Waals surface area (Å²) in [5, 5.41) is 14.8. The van der Waals surface area contributed by atoms with E-state index in [-0.39, 0.29) is 37.6 Å². The lowest BCUT2D eigenvalue weighted by Crippen LogP contribution is -2.70. The summed E-state index contributed by atoms with van der Waals surface area (Å²) < 4.78 is 39.1. The number of halogens is 2. The van der Waals surface area contributed by atoms with Crippen molar-refractivity contribution in [1.29, 1.82) is 0 Å². The summed E-state index contributed by atoms with van der Waals surface area (Å²) in [6.45, 7) is 0.756. The van der Waals surface area contributed by atoms with E-state index in [9.17, 15) is 28.3 Å². The van der Waals surface area contributed by atoms with Gasteiger partial charge in [-0.1, -0.05) is 6.07 Å². The number of nitrogens with zero attached hydrogens (tertiary/aromatic N) is 3. The quantitative estimate of drug-likeness (QED) is 0.624. The van der Waals surface area contributed by atoms with Gasteiger partial charge in [-0.25, -0.2) is 8.78 Å². The van der Waals surface area contributed by atoms with Crippen molar-refractivity contribution in [3.8, 4) is 5.75 Å². The van der Waals surface area contributed by atoms with Crippen molar-refractivity contribution >= 4 is 11.8 Å². The molecule has 0 radical (unpaired) electrons. The number of aromatic hydroxyl groups is 1. The van der Waals surface area contributed by atoms with Crippen LogP contribution in [0.1, 0.15) is 32.8 Å². The second kappa shape index (κ2) is 9.03. The monoisotopic (exact) mass is 478 g/mol. The number of ether oxygens (including phenoxy) is 2. The van der Waals surface area contributed by atoms with Gasteiger partial charge < -0.3 is 24.8 Å². The van der Waals surface area contributed by atoms with Crippen molar-refractivity contribution in [2.45, 2.75) is 18.6 Å². The Morgan fingerprint density at radius 3 is 2.74 bits per heavy atom. The first-order valence-electron chi connectivity index (χ1n) is 10.5. The number of hydrogen-bond donors (Lipinski definition) is 2. The normalized spacial score (nSPS) is 19.6. The number of pyridine rings is 1. The van der Waals surface area contributed by atoms with Crippen molar-refractivity contribution in [3.05, 3.63) is 63.1 Å². The number of hydrogen-bond acceptors (Lipinski definition) is 7. The highest BCUT2D eigenvalue weighted by atomic mass is 19.1. The zero-order valence-electron chi connectivity index (χ0n) is 18.6. The molecule has 2 N–H and O–H groups in total. The molecule has 10 nitrogen and oxygen atoms in total. The summed E-state index contributed by atoms with van der Waals surface area (Å²) in [5.74, 6) is -3.99. The van der Waals surface area contributed by atoms with E-state index in [1.54, 1.807) is 12.1 Å². The first kappa shape index (κ1) is 23.6. The minimum absolute atomic E-state index is 0.0117. The molecule has 4 rings (SSSR count). The van der Waals surface area contributed by atoms with E-state index in [0.29, 0.717) is 19.1 Å². The smallest absolute Gasteiger partial charge is 0.278 e. The fourth-order valence-electron chi connectivity index (χ4n) is 4.30. The van der Waals surface area contributed by atoms with Crippen LogP contribution in [0.5, 0.6) is 5.75 Å². The van der Waals surface area contributed by atoms with Gasteiger partial charge in [-0.2, -0.15) is 0 Å². The number of carbonyl (C=O) groups excluding carboxylic acids is 2. The van der Waals surface area contributed by atoms with E-state index in [1.165, 1.54) is 28.9 Å². The van der Waals surface area contributed by atoms with Crippen LogP contribution in [-0.4, -0.2) is 72.7 Å². The standard InChI is InChI=1S/C22H24F2N4O6/c1-26-21(32)17-19(30)18(29)15(20(31)25-10-13-3-4-14(23)9-16(13)24)11-27(17)28(6-8-33-2)22(26)5-7-34-12-22/h3-4,9,11,30H,5-8,10,12H2,1-2H3,(H,25,31). The molecule has 1 aromatic carbocycles. The summed E-state index contributed by atoms with van der Waals surface area (Å²) in [4.78, 5) is 40.2. The average Bonchev–Trinajstić information content (AvgIpc) is 3.29. The number of likely N-dealkylation sites (N-methyl/N-ethyl adjacent to an activating group) is 1. The number of carbonyl (C=O) groups is 2. The molecular weight excluding hydrogens is 454 g/mol. The Morgan fingerprint density at radius 2 is 2.09 bits per heavy atom. The van der Waals surface area contributed by atoms with Gasteiger partial charge >= 0.3 is 0 Å². The maximum absolute atomic E-state index is 13.9. The van der Waals surface area contributed by atoms with Crippen LogP contribution in [0.25, 0.3) is 0 Å². The predicted molar refractivity (Wildman–Crippen MR) is 115 cm³/mol. The summed E-state index contributed by atoms with van der Waals surface area (Å²) in [6, 6.07) is 2.90. The van der Waals surface area contributed by atoms with Gasteiger partial charge in [0.15, 0.2) is 17.1 Å². The van der Waals surface area contributed by atoms with Gasteiger partial charge in [0.2, 0.25) is 5.43 Å². The predicted octanol–water partition coefficient (Wildman–Crippen LogP) is 0.549. The Labute approximate surface area is 193 Å². The van der Waals surface area contributed by atoms with Gasteiger partial charge in [-0.3, -0.25) is 24.1 Å². The number of rotatable bonds is 6. The molecule has 1 atom stereocenters. The molecule has 0 saturated carbocycles. The molecule has 34 heavy (non-hydrogen) atoms. The molecule has 2 amide bonds. The highest BCUT2D eigenvalue weighted by Gasteiger charge is 2.52. The molecule has 1 saturated heterocycles. The van der Waals surface area contributed by atoms with Gasteiger partial charge in [0.1, 0.15) is 17.2 Å². The van der Waals surface area contributed by atoms with Crippen LogP contribution in [-0.2, 0) is 16.0 Å². The molecule has 2 aromatic rings. The first-order chi connectivity index (χ1) is 16.2. The third-order valence-corrected chi connectivity index (χ3v) is 6.22. The highest BCUT2D eigenvalue weighted by molar-refractivity contribution is 5.99. The third-order valence-electron chi connectivity index (χ3n) is 6.22. The lowest BCUT2D eigenvalue weighted by Gasteiger charge is -2.52. The molecular formula is C22H24F2N4O6. The Balaban J connectivity index is 1.74. The number of fused-ring (bicyclic) bond motifs is 1. The number of methoxy groups -OCH3 is 1. The van der Waals surface area contributed by atoms with Crippen LogP contribution >= 0.6 is 0 Å². The molecule has 3 heterocycles. The molecule has 2 aliphatic rings. The maximum atomic E-state index is 13.9. The second-order valence-corrected chi connectivity index (χ2v) is 8.10. The Hall–Kier alpha value is -3.51. The van der Waals surface area contributed by atoms with E-state index >= 15 is 0 Å². The molecule has 1 spiro atoms. The first-order valence-corrected chi connectivity index (χ1v) is 10.5. The van der Waals surface area contributed by atoms with Gasteiger partial charge in [-0.05, 0) is 6.07 Å². The number of benzene rings is 1.